The van der Waals surface area contributed by atoms with Crippen LogP contribution >= 0.6 is 0 Å². The molecule has 0 aliphatic rings. The first-order valence-electron chi connectivity index (χ1n) is 9.54. The van der Waals surface area contributed by atoms with E-state index in [0.717, 1.165) is 33.4 Å². The topological polar surface area (TPSA) is 103 Å². The Morgan fingerprint density at radius 3 is 2.77 bits per heavy atom. The highest BCUT2D eigenvalue weighted by molar-refractivity contribution is 5.88. The largest absolute Gasteiger partial charge is 0.362 e. The Bertz CT molecular complexity index is 1400. The molecule has 5 rings (SSSR count). The molecule has 1 atom stereocenters. The lowest BCUT2D eigenvalue weighted by Gasteiger charge is -2.19. The molecule has 0 saturated heterocycles. The molecule has 4 aromatic heterocycles. The first kappa shape index (κ1) is 17.8. The number of para-hydroxylation sites is 1. The third-order valence-electron chi connectivity index (χ3n) is 5.06. The minimum absolute atomic E-state index is 0.126. The molecule has 0 unspecified atom stereocenters. The highest BCUT2D eigenvalue weighted by Gasteiger charge is 2.18. The predicted octanol–water partition coefficient (Wildman–Crippen LogP) is 4.61. The maximum Gasteiger partial charge on any atom is 0.154 e. The lowest BCUT2D eigenvalue weighted by atomic mass is 9.99. The number of hydrogen-bond acceptors (Lipinski definition) is 6. The van der Waals surface area contributed by atoms with Gasteiger partial charge in [0.05, 0.1) is 40.4 Å². The molecule has 0 aliphatic heterocycles. The Morgan fingerprint density at radius 1 is 1.00 bits per heavy atom. The molecule has 144 valence electrons. The van der Waals surface area contributed by atoms with Gasteiger partial charge < -0.3 is 10.3 Å². The molecule has 5 aromatic rings. The Balaban J connectivity index is 1.67. The van der Waals surface area contributed by atoms with E-state index in [0.29, 0.717) is 16.9 Å². The van der Waals surface area contributed by atoms with Gasteiger partial charge in [-0.15, -0.1) is 0 Å². The van der Waals surface area contributed by atoms with Crippen molar-refractivity contribution in [2.75, 3.05) is 5.32 Å². The summed E-state index contributed by atoms with van der Waals surface area (Å²) < 4.78 is 0. The summed E-state index contributed by atoms with van der Waals surface area (Å²) in [4.78, 5) is 21.3. The van der Waals surface area contributed by atoms with E-state index >= 15 is 0 Å². The molecule has 0 spiro atoms. The van der Waals surface area contributed by atoms with Crippen LogP contribution < -0.4 is 5.32 Å². The van der Waals surface area contributed by atoms with Crippen molar-refractivity contribution in [3.8, 4) is 17.5 Å². The first-order chi connectivity index (χ1) is 14.7. The summed E-state index contributed by atoms with van der Waals surface area (Å²) >= 11 is 0. The van der Waals surface area contributed by atoms with Gasteiger partial charge in [-0.05, 0) is 37.3 Å². The molecule has 7 heteroatoms. The smallest absolute Gasteiger partial charge is 0.154 e. The number of aromatic nitrogens is 5. The van der Waals surface area contributed by atoms with Crippen LogP contribution in [0.25, 0.3) is 33.3 Å². The second kappa shape index (κ2) is 7.26. The van der Waals surface area contributed by atoms with Crippen molar-refractivity contribution < 1.29 is 0 Å². The van der Waals surface area contributed by atoms with Gasteiger partial charge in [0.1, 0.15) is 11.6 Å². The van der Waals surface area contributed by atoms with Gasteiger partial charge in [0, 0.05) is 23.3 Å². The number of imidazole rings is 1. The van der Waals surface area contributed by atoms with Crippen LogP contribution in [0.1, 0.15) is 24.1 Å². The molecule has 0 fully saturated rings. The number of H-pyrrole nitrogens is 1. The highest BCUT2D eigenvalue weighted by atomic mass is 15.0. The van der Waals surface area contributed by atoms with Gasteiger partial charge in [-0.25, -0.2) is 15.0 Å². The number of fused-ring (bicyclic) bond motifs is 2. The number of benzene rings is 1. The fourth-order valence-corrected chi connectivity index (χ4v) is 3.60. The maximum absolute atomic E-state index is 9.51. The van der Waals surface area contributed by atoms with Crippen molar-refractivity contribution in [3.05, 3.63) is 78.4 Å². The monoisotopic (exact) mass is 391 g/mol. The normalized spacial score (nSPS) is 12.0. The van der Waals surface area contributed by atoms with Crippen LogP contribution in [0.15, 0.2) is 67.3 Å². The maximum atomic E-state index is 9.51. The SMILES string of the molecule is C[C@H](Nc1nccc2[nH]cnc12)c1cc2cccc(C#N)c2nc1-c1ccccn1. The summed E-state index contributed by atoms with van der Waals surface area (Å²) in [6.45, 7) is 2.05. The minimum atomic E-state index is -0.126. The third-order valence-corrected chi connectivity index (χ3v) is 5.06. The van der Waals surface area contributed by atoms with E-state index in [2.05, 4.69) is 44.3 Å². The van der Waals surface area contributed by atoms with Gasteiger partial charge in [-0.3, -0.25) is 4.98 Å². The van der Waals surface area contributed by atoms with Crippen LogP contribution in [-0.2, 0) is 0 Å². The van der Waals surface area contributed by atoms with Crippen molar-refractivity contribution in [1.29, 1.82) is 5.26 Å². The molecule has 0 saturated carbocycles. The van der Waals surface area contributed by atoms with Crippen LogP contribution in [0.5, 0.6) is 0 Å². The predicted molar refractivity (Wildman–Crippen MR) is 116 cm³/mol. The fourth-order valence-electron chi connectivity index (χ4n) is 3.60. The van der Waals surface area contributed by atoms with Crippen molar-refractivity contribution in [2.24, 2.45) is 0 Å². The molecule has 0 bridgehead atoms. The second-order valence-corrected chi connectivity index (χ2v) is 6.95. The summed E-state index contributed by atoms with van der Waals surface area (Å²) in [5, 5.41) is 13.9. The lowest BCUT2D eigenvalue weighted by Crippen LogP contribution is -2.11. The van der Waals surface area contributed by atoms with E-state index in [1.807, 2.05) is 36.4 Å². The van der Waals surface area contributed by atoms with E-state index < -0.39 is 0 Å². The molecule has 30 heavy (non-hydrogen) atoms. The van der Waals surface area contributed by atoms with E-state index in [4.69, 9.17) is 4.98 Å². The summed E-state index contributed by atoms with van der Waals surface area (Å²) in [6.07, 6.45) is 5.14. The van der Waals surface area contributed by atoms with E-state index in [1.165, 1.54) is 0 Å². The Kier molecular flexibility index (Phi) is 4.30. The zero-order chi connectivity index (χ0) is 20.5. The number of nitriles is 1. The summed E-state index contributed by atoms with van der Waals surface area (Å²) in [5.41, 5.74) is 5.36. The van der Waals surface area contributed by atoms with Gasteiger partial charge in [0.25, 0.3) is 0 Å². The summed E-state index contributed by atoms with van der Waals surface area (Å²) in [5.74, 6) is 0.694. The van der Waals surface area contributed by atoms with Crippen LogP contribution in [0, 0.1) is 11.3 Å². The number of nitrogens with zero attached hydrogens (tertiary/aromatic N) is 5. The average molecular weight is 391 g/mol. The summed E-state index contributed by atoms with van der Waals surface area (Å²) in [7, 11) is 0. The molecular weight excluding hydrogens is 374 g/mol. The number of nitrogens with one attached hydrogen (secondary N) is 2. The average Bonchev–Trinajstić information content (AvgIpc) is 3.28. The highest BCUT2D eigenvalue weighted by Crippen LogP contribution is 2.32. The molecule has 2 N–H and O–H groups in total. The Labute approximate surface area is 172 Å². The lowest BCUT2D eigenvalue weighted by molar-refractivity contribution is 0.873. The Hall–Kier alpha value is -4.31. The Morgan fingerprint density at radius 2 is 1.93 bits per heavy atom. The van der Waals surface area contributed by atoms with Gasteiger partial charge in [0.2, 0.25) is 0 Å². The molecule has 0 amide bonds. The van der Waals surface area contributed by atoms with Crippen molar-refractivity contribution in [2.45, 2.75) is 13.0 Å². The zero-order valence-electron chi connectivity index (χ0n) is 16.2. The van der Waals surface area contributed by atoms with Crippen molar-refractivity contribution >= 4 is 27.8 Å². The zero-order valence-corrected chi connectivity index (χ0v) is 16.2. The quantitative estimate of drug-likeness (QED) is 0.464. The number of pyridine rings is 3. The number of rotatable bonds is 4. The molecule has 0 aliphatic carbocycles. The van der Waals surface area contributed by atoms with Gasteiger partial charge in [-0.1, -0.05) is 18.2 Å². The van der Waals surface area contributed by atoms with Gasteiger partial charge in [0.15, 0.2) is 5.82 Å². The third kappa shape index (κ3) is 3.01. The van der Waals surface area contributed by atoms with E-state index in [9.17, 15) is 5.26 Å². The van der Waals surface area contributed by atoms with Crippen molar-refractivity contribution in [3.63, 3.8) is 0 Å². The standard InChI is InChI=1S/C23H17N7/c1-14(29-23-22-19(8-10-26-23)27-13-28-22)17-11-15-5-4-6-16(12-24)20(15)30-21(17)18-7-2-3-9-25-18/h2-11,13-14H,1H3,(H,26,29)(H,27,28)/t14-/m0/s1. The van der Waals surface area contributed by atoms with Crippen molar-refractivity contribution in [1.82, 2.24) is 24.9 Å². The minimum Gasteiger partial charge on any atom is -0.362 e. The van der Waals surface area contributed by atoms with Crippen LogP contribution in [-0.4, -0.2) is 24.9 Å². The molecule has 7 nitrogen and oxygen atoms in total. The van der Waals surface area contributed by atoms with Crippen LogP contribution in [0.4, 0.5) is 5.82 Å². The second-order valence-electron chi connectivity index (χ2n) is 6.95. The number of aromatic amines is 1. The first-order valence-corrected chi connectivity index (χ1v) is 9.54. The molecule has 1 aromatic carbocycles. The van der Waals surface area contributed by atoms with Crippen LogP contribution in [0.3, 0.4) is 0 Å². The van der Waals surface area contributed by atoms with Crippen LogP contribution in [0.2, 0.25) is 0 Å². The fraction of sp³-hybridized carbons (Fsp3) is 0.0870. The molecule has 0 radical (unpaired) electrons. The summed E-state index contributed by atoms with van der Waals surface area (Å²) in [6, 6.07) is 17.4. The van der Waals surface area contributed by atoms with E-state index in [1.54, 1.807) is 24.8 Å². The number of hydrogen-bond donors (Lipinski definition) is 2. The van der Waals surface area contributed by atoms with E-state index in [-0.39, 0.29) is 6.04 Å². The number of anilines is 1. The van der Waals surface area contributed by atoms with Gasteiger partial charge in [-0.2, -0.15) is 5.26 Å². The molecular formula is C23H17N7. The molecule has 4 heterocycles. The van der Waals surface area contributed by atoms with Gasteiger partial charge >= 0.3 is 0 Å².